The van der Waals surface area contributed by atoms with E-state index >= 15 is 0 Å². The lowest BCUT2D eigenvalue weighted by Gasteiger charge is -2.14. The Hall–Kier alpha value is -2.62. The average Bonchev–Trinajstić information content (AvgIpc) is 2.60. The highest BCUT2D eigenvalue weighted by Crippen LogP contribution is 2.09. The molecule has 0 saturated carbocycles. The number of rotatable bonds is 9. The number of carbonyl (C=O) groups is 1. The van der Waals surface area contributed by atoms with Crippen LogP contribution in [0.15, 0.2) is 60.7 Å². The Kier molecular flexibility index (Phi) is 6.85. The van der Waals surface area contributed by atoms with Gasteiger partial charge in [-0.05, 0) is 24.0 Å². The summed E-state index contributed by atoms with van der Waals surface area (Å²) < 4.78 is 9.95. The number of aryl methyl sites for hydroxylation is 1. The van der Waals surface area contributed by atoms with Crippen LogP contribution in [0.5, 0.6) is 0 Å². The number of hydrogen-bond acceptors (Lipinski definition) is 4. The van der Waals surface area contributed by atoms with Gasteiger partial charge < -0.3 is 9.47 Å². The molecule has 4 heteroatoms. The van der Waals surface area contributed by atoms with Crippen molar-refractivity contribution in [3.63, 3.8) is 0 Å². The molecule has 0 amide bonds. The summed E-state index contributed by atoms with van der Waals surface area (Å²) in [7, 11) is 0. The summed E-state index contributed by atoms with van der Waals surface area (Å²) in [5.41, 5.74) is 2.16. The second-order valence-corrected chi connectivity index (χ2v) is 5.12. The number of ether oxygens (including phenoxy) is 2. The molecule has 0 spiro atoms. The van der Waals surface area contributed by atoms with E-state index < -0.39 is 12.1 Å². The van der Waals surface area contributed by atoms with E-state index in [0.717, 1.165) is 11.1 Å². The summed E-state index contributed by atoms with van der Waals surface area (Å²) in [6.45, 7) is 1.60. The lowest BCUT2D eigenvalue weighted by Crippen LogP contribution is -2.27. The quantitative estimate of drug-likeness (QED) is 0.668. The minimum Gasteiger partial charge on any atom is -0.463 e. The summed E-state index contributed by atoms with van der Waals surface area (Å²) in [5, 5.41) is 0. The van der Waals surface area contributed by atoms with E-state index in [2.05, 4.69) is 0 Å². The first-order valence-electron chi connectivity index (χ1n) is 7.57. The van der Waals surface area contributed by atoms with E-state index in [4.69, 9.17) is 9.47 Å². The van der Waals surface area contributed by atoms with E-state index in [1.54, 1.807) is 0 Å². The SMILES string of the molecule is O=[C]OC(CCc1ccccc1)C(=O)OCCc1ccccc1. The zero-order valence-electron chi connectivity index (χ0n) is 12.8. The fourth-order valence-electron chi connectivity index (χ4n) is 2.23. The van der Waals surface area contributed by atoms with Crippen molar-refractivity contribution >= 4 is 12.4 Å². The van der Waals surface area contributed by atoms with Gasteiger partial charge in [-0.1, -0.05) is 60.7 Å². The number of hydrogen-bond donors (Lipinski definition) is 0. The van der Waals surface area contributed by atoms with Gasteiger partial charge in [0.25, 0.3) is 0 Å². The normalized spacial score (nSPS) is 11.5. The molecule has 23 heavy (non-hydrogen) atoms. The van der Waals surface area contributed by atoms with Gasteiger partial charge in [-0.3, -0.25) is 0 Å². The third-order valence-corrected chi connectivity index (χ3v) is 3.47. The molecule has 1 unspecified atom stereocenters. The molecule has 2 aromatic rings. The Morgan fingerprint density at radius 1 is 0.913 bits per heavy atom. The molecule has 4 nitrogen and oxygen atoms in total. The summed E-state index contributed by atoms with van der Waals surface area (Å²) in [5.74, 6) is -0.528. The van der Waals surface area contributed by atoms with E-state index in [1.165, 1.54) is 6.47 Å². The molecule has 0 saturated heterocycles. The molecule has 0 heterocycles. The van der Waals surface area contributed by atoms with Crippen molar-refractivity contribution in [1.29, 1.82) is 0 Å². The molecule has 1 radical (unpaired) electrons. The highest BCUT2D eigenvalue weighted by Gasteiger charge is 2.21. The highest BCUT2D eigenvalue weighted by atomic mass is 16.6. The lowest BCUT2D eigenvalue weighted by molar-refractivity contribution is -0.152. The number of esters is 1. The largest absolute Gasteiger partial charge is 0.463 e. The molecule has 0 fully saturated rings. The molecule has 2 aromatic carbocycles. The molecular weight excluding hydrogens is 292 g/mol. The van der Waals surface area contributed by atoms with Crippen molar-refractivity contribution in [3.05, 3.63) is 71.8 Å². The molecule has 2 rings (SSSR count). The van der Waals surface area contributed by atoms with E-state index in [1.807, 2.05) is 60.7 Å². The molecular formula is C19H19O4. The maximum absolute atomic E-state index is 12.0. The van der Waals surface area contributed by atoms with Crippen molar-refractivity contribution in [2.75, 3.05) is 6.61 Å². The Morgan fingerprint density at radius 3 is 2.04 bits per heavy atom. The molecule has 0 aliphatic rings. The van der Waals surface area contributed by atoms with Gasteiger partial charge in [0.15, 0.2) is 6.10 Å². The monoisotopic (exact) mass is 311 g/mol. The van der Waals surface area contributed by atoms with Crippen LogP contribution in [0.25, 0.3) is 0 Å². The van der Waals surface area contributed by atoms with Crippen LogP contribution in [0, 0.1) is 0 Å². The lowest BCUT2D eigenvalue weighted by atomic mass is 10.1. The molecule has 119 valence electrons. The van der Waals surface area contributed by atoms with Gasteiger partial charge >= 0.3 is 12.4 Å². The first-order valence-corrected chi connectivity index (χ1v) is 7.57. The van der Waals surface area contributed by atoms with Gasteiger partial charge in [-0.2, -0.15) is 0 Å². The highest BCUT2D eigenvalue weighted by molar-refractivity contribution is 5.76. The van der Waals surface area contributed by atoms with Crippen molar-refractivity contribution in [3.8, 4) is 0 Å². The summed E-state index contributed by atoms with van der Waals surface area (Å²) in [6.07, 6.45) is 0.719. The molecule has 0 aliphatic carbocycles. The van der Waals surface area contributed by atoms with E-state index in [9.17, 15) is 9.59 Å². The van der Waals surface area contributed by atoms with Crippen molar-refractivity contribution < 1.29 is 19.1 Å². The number of benzene rings is 2. The Balaban J connectivity index is 1.79. The van der Waals surface area contributed by atoms with Crippen LogP contribution in [0.3, 0.4) is 0 Å². The fourth-order valence-corrected chi connectivity index (χ4v) is 2.23. The van der Waals surface area contributed by atoms with Crippen molar-refractivity contribution in [1.82, 2.24) is 0 Å². The average molecular weight is 311 g/mol. The summed E-state index contributed by atoms with van der Waals surface area (Å²) >= 11 is 0. The molecule has 1 atom stereocenters. The minimum absolute atomic E-state index is 0.257. The van der Waals surface area contributed by atoms with Gasteiger partial charge in [0, 0.05) is 6.42 Å². The van der Waals surface area contributed by atoms with Crippen molar-refractivity contribution in [2.45, 2.75) is 25.4 Å². The van der Waals surface area contributed by atoms with E-state index in [0.29, 0.717) is 19.3 Å². The minimum atomic E-state index is -0.913. The maximum atomic E-state index is 12.0. The van der Waals surface area contributed by atoms with E-state index in [-0.39, 0.29) is 6.61 Å². The summed E-state index contributed by atoms with van der Waals surface area (Å²) in [4.78, 5) is 22.5. The second-order valence-electron chi connectivity index (χ2n) is 5.12. The zero-order chi connectivity index (χ0) is 16.3. The molecule has 0 aromatic heterocycles. The number of carbonyl (C=O) groups excluding carboxylic acids is 2. The van der Waals surface area contributed by atoms with Crippen LogP contribution in [-0.2, 0) is 31.9 Å². The van der Waals surface area contributed by atoms with Crippen LogP contribution >= 0.6 is 0 Å². The maximum Gasteiger partial charge on any atom is 0.418 e. The Labute approximate surface area is 136 Å². The van der Waals surface area contributed by atoms with Gasteiger partial charge in [-0.25, -0.2) is 9.59 Å². The predicted molar refractivity (Wildman–Crippen MR) is 86.4 cm³/mol. The summed E-state index contributed by atoms with van der Waals surface area (Å²) in [6, 6.07) is 19.4. The first-order chi connectivity index (χ1) is 11.3. The Morgan fingerprint density at radius 2 is 1.48 bits per heavy atom. The topological polar surface area (TPSA) is 52.6 Å². The van der Waals surface area contributed by atoms with Crippen LogP contribution in [0.1, 0.15) is 17.5 Å². The van der Waals surface area contributed by atoms with Gasteiger partial charge in [0.05, 0.1) is 6.61 Å². The third kappa shape index (κ3) is 5.94. The fraction of sp³-hybridized carbons (Fsp3) is 0.263. The van der Waals surface area contributed by atoms with Crippen LogP contribution < -0.4 is 0 Å². The van der Waals surface area contributed by atoms with Crippen LogP contribution in [0.4, 0.5) is 0 Å². The third-order valence-electron chi connectivity index (χ3n) is 3.47. The van der Waals surface area contributed by atoms with Gasteiger partial charge in [0.2, 0.25) is 0 Å². The smallest absolute Gasteiger partial charge is 0.418 e. The Bertz CT molecular complexity index is 595. The molecule has 0 aliphatic heterocycles. The second kappa shape index (κ2) is 9.41. The zero-order valence-corrected chi connectivity index (χ0v) is 12.8. The molecule has 0 N–H and O–H groups in total. The van der Waals surface area contributed by atoms with Gasteiger partial charge in [0.1, 0.15) is 0 Å². The van der Waals surface area contributed by atoms with Crippen LogP contribution in [-0.4, -0.2) is 25.2 Å². The van der Waals surface area contributed by atoms with Crippen molar-refractivity contribution in [2.24, 2.45) is 0 Å². The predicted octanol–water partition coefficient (Wildman–Crippen LogP) is 2.86. The van der Waals surface area contributed by atoms with Crippen LogP contribution in [0.2, 0.25) is 0 Å². The van der Waals surface area contributed by atoms with Gasteiger partial charge in [-0.15, -0.1) is 0 Å². The standard InChI is InChI=1S/C19H19O4/c20-15-23-18(12-11-16-7-3-1-4-8-16)19(21)22-14-13-17-9-5-2-6-10-17/h1-10,18H,11-14H2. The first kappa shape index (κ1) is 16.7. The molecule has 0 bridgehead atoms.